The summed E-state index contributed by atoms with van der Waals surface area (Å²) < 4.78 is 11.8. The molecule has 0 unspecified atom stereocenters. The van der Waals surface area contributed by atoms with Gasteiger partial charge in [-0.3, -0.25) is 0 Å². The van der Waals surface area contributed by atoms with E-state index in [-0.39, 0.29) is 0 Å². The van der Waals surface area contributed by atoms with Gasteiger partial charge < -0.3 is 0 Å². The van der Waals surface area contributed by atoms with Gasteiger partial charge in [-0.2, -0.15) is 0 Å². The Bertz CT molecular complexity index is 1970. The van der Waals surface area contributed by atoms with Crippen LogP contribution in [-0.4, -0.2) is 44.8 Å². The molecule has 0 aromatic heterocycles. The fourth-order valence-corrected chi connectivity index (χ4v) is 51.8. The maximum absolute atomic E-state index is 3.63. The van der Waals surface area contributed by atoms with E-state index in [1.54, 1.807) is 31.8 Å². The molecular formula is C52H48SiSn2. The Balaban J connectivity index is 1.36. The average molecular weight is 938 g/mol. The monoisotopic (exact) mass is 940 g/mol. The second-order valence-corrected chi connectivity index (χ2v) is 42.2. The molecule has 0 saturated heterocycles. The Kier molecular flexibility index (Phi) is 12.0. The summed E-state index contributed by atoms with van der Waals surface area (Å²) in [6.45, 7) is 0. The molecular weight excluding hydrogens is 890 g/mol. The van der Waals surface area contributed by atoms with Crippen molar-refractivity contribution < 1.29 is 0 Å². The van der Waals surface area contributed by atoms with Crippen molar-refractivity contribution in [2.24, 2.45) is 0 Å². The van der Waals surface area contributed by atoms with Crippen LogP contribution >= 0.6 is 0 Å². The van der Waals surface area contributed by atoms with Crippen LogP contribution in [-0.2, 0) is 0 Å². The van der Waals surface area contributed by atoms with E-state index < -0.39 is 44.8 Å². The molecule has 0 aliphatic heterocycles. The summed E-state index contributed by atoms with van der Waals surface area (Å²) in [6.07, 6.45) is 0. The van der Waals surface area contributed by atoms with E-state index in [0.29, 0.717) is 0 Å². The Hall–Kier alpha value is -4.43. The van der Waals surface area contributed by atoms with Gasteiger partial charge in [0.1, 0.15) is 0 Å². The molecule has 0 aliphatic carbocycles. The first-order valence-electron chi connectivity index (χ1n) is 19.7. The second kappa shape index (κ2) is 17.6. The molecule has 0 saturated carbocycles. The summed E-state index contributed by atoms with van der Waals surface area (Å²) in [5.74, 6) is 0. The van der Waals surface area contributed by atoms with Crippen molar-refractivity contribution in [3.63, 3.8) is 0 Å². The molecule has 0 nitrogen and oxygen atoms in total. The molecule has 0 aliphatic rings. The fourth-order valence-electron chi connectivity index (χ4n) is 9.39. The first-order chi connectivity index (χ1) is 27.3. The number of rotatable bonds is 14. The Morgan fingerprint density at radius 2 is 0.418 bits per heavy atom. The van der Waals surface area contributed by atoms with Crippen LogP contribution in [0, 0.1) is 0 Å². The third kappa shape index (κ3) is 7.59. The molecule has 8 aromatic rings. The van der Waals surface area contributed by atoms with Gasteiger partial charge in [0.2, 0.25) is 0 Å². The van der Waals surface area contributed by atoms with Crippen LogP contribution in [0.15, 0.2) is 243 Å². The third-order valence-corrected chi connectivity index (χ3v) is 48.3. The minimum atomic E-state index is -3.63. The Labute approximate surface area is 337 Å². The fraction of sp³-hybridized carbons (Fsp3) is 0.0769. The quantitative estimate of drug-likeness (QED) is 0.0988. The molecule has 8 aromatic carbocycles. The van der Waals surface area contributed by atoms with Gasteiger partial charge in [-0.05, 0) is 0 Å². The minimum absolute atomic E-state index is 1.19. The van der Waals surface area contributed by atoms with Gasteiger partial charge in [-0.1, -0.05) is 0 Å². The molecule has 55 heavy (non-hydrogen) atoms. The summed E-state index contributed by atoms with van der Waals surface area (Å²) in [5.41, 5.74) is 0. The molecule has 0 heterocycles. The van der Waals surface area contributed by atoms with Crippen molar-refractivity contribution in [2.45, 2.75) is 21.0 Å². The van der Waals surface area contributed by atoms with E-state index in [4.69, 9.17) is 0 Å². The van der Waals surface area contributed by atoms with Crippen LogP contribution in [0.4, 0.5) is 0 Å². The van der Waals surface area contributed by atoms with Crippen LogP contribution in [0.5, 0.6) is 0 Å². The zero-order valence-electron chi connectivity index (χ0n) is 31.4. The van der Waals surface area contributed by atoms with Gasteiger partial charge in [0.05, 0.1) is 0 Å². The molecule has 0 radical (unpaired) electrons. The Morgan fingerprint density at radius 3 is 0.618 bits per heavy atom. The van der Waals surface area contributed by atoms with Crippen molar-refractivity contribution >= 4 is 76.7 Å². The van der Waals surface area contributed by atoms with Crippen molar-refractivity contribution in [3.8, 4) is 0 Å². The molecule has 0 fully saturated rings. The number of hydrogen-bond acceptors (Lipinski definition) is 0. The summed E-state index contributed by atoms with van der Waals surface area (Å²) in [5, 5.41) is 3.12. The molecule has 3 heteroatoms. The molecule has 0 bridgehead atoms. The summed E-state index contributed by atoms with van der Waals surface area (Å²) in [6, 6.07) is 95.7. The Morgan fingerprint density at radius 1 is 0.236 bits per heavy atom. The zero-order valence-corrected chi connectivity index (χ0v) is 38.1. The number of benzene rings is 8. The van der Waals surface area contributed by atoms with Crippen LogP contribution in [0.1, 0.15) is 0 Å². The summed E-state index contributed by atoms with van der Waals surface area (Å²) in [7, 11) is -2.46. The van der Waals surface area contributed by atoms with Gasteiger partial charge in [-0.25, -0.2) is 0 Å². The molecule has 0 amide bonds. The first kappa shape index (κ1) is 37.5. The first-order valence-corrected chi connectivity index (χ1v) is 34.7. The van der Waals surface area contributed by atoms with Crippen molar-refractivity contribution in [3.05, 3.63) is 243 Å². The molecule has 0 atom stereocenters. The van der Waals surface area contributed by atoms with E-state index in [9.17, 15) is 0 Å². The van der Waals surface area contributed by atoms with E-state index in [2.05, 4.69) is 243 Å². The summed E-state index contributed by atoms with van der Waals surface area (Å²) in [4.78, 5) is 0. The van der Waals surface area contributed by atoms with E-state index in [1.807, 2.05) is 0 Å². The van der Waals surface area contributed by atoms with Crippen LogP contribution in [0.25, 0.3) is 0 Å². The second-order valence-electron chi connectivity index (χ2n) is 14.8. The van der Waals surface area contributed by atoms with Crippen LogP contribution in [0.2, 0.25) is 21.0 Å². The maximum atomic E-state index is 2.48. The van der Waals surface area contributed by atoms with Gasteiger partial charge in [0, 0.05) is 0 Å². The van der Waals surface area contributed by atoms with Crippen molar-refractivity contribution in [1.82, 2.24) is 0 Å². The SMILES string of the molecule is c1ccc([Si](C[CH2][Sn]([c]2ccccc2)([c]2ccccc2)[c]2ccccc2)(C[CH2][Sn]([c]2ccccc2)([c]2ccccc2)[c]2ccccc2)c2ccccc2)cc1. The molecule has 268 valence electrons. The van der Waals surface area contributed by atoms with E-state index in [1.165, 1.54) is 21.0 Å². The van der Waals surface area contributed by atoms with E-state index >= 15 is 0 Å². The van der Waals surface area contributed by atoms with Crippen LogP contribution in [0.3, 0.4) is 0 Å². The van der Waals surface area contributed by atoms with Gasteiger partial charge in [0.25, 0.3) is 0 Å². The molecule has 0 N–H and O–H groups in total. The standard InChI is InChI=1S/C16H18Si.6C6H5.2Sn/c1-3-17(4-2,15-11-7-5-8-12-15)16-13-9-6-10-14-16;6*1-2-4-6-5-3-1;;/h5-14H,1-4H2;6*1-5H;;. The van der Waals surface area contributed by atoms with E-state index in [0.717, 1.165) is 0 Å². The number of hydrogen-bond donors (Lipinski definition) is 0. The van der Waals surface area contributed by atoms with Gasteiger partial charge >= 0.3 is 340 Å². The van der Waals surface area contributed by atoms with Crippen molar-refractivity contribution in [1.29, 1.82) is 0 Å². The van der Waals surface area contributed by atoms with Gasteiger partial charge in [-0.15, -0.1) is 0 Å². The topological polar surface area (TPSA) is 0 Å². The molecule has 8 rings (SSSR count). The van der Waals surface area contributed by atoms with Crippen molar-refractivity contribution in [2.75, 3.05) is 0 Å². The summed E-state index contributed by atoms with van der Waals surface area (Å²) >= 11 is -7.27. The van der Waals surface area contributed by atoms with Crippen LogP contribution < -0.4 is 31.8 Å². The predicted molar refractivity (Wildman–Crippen MR) is 245 cm³/mol. The third-order valence-electron chi connectivity index (χ3n) is 12.1. The van der Waals surface area contributed by atoms with Gasteiger partial charge in [0.15, 0.2) is 0 Å². The average Bonchev–Trinajstić information content (AvgIpc) is 3.29. The molecule has 0 spiro atoms. The predicted octanol–water partition coefficient (Wildman–Crippen LogP) is 7.59. The normalized spacial score (nSPS) is 11.9. The zero-order chi connectivity index (χ0) is 37.2.